The quantitative estimate of drug-likeness (QED) is 0.625. The van der Waals surface area contributed by atoms with Crippen LogP contribution in [0.1, 0.15) is 41.0 Å². The predicted octanol–water partition coefficient (Wildman–Crippen LogP) is 2.41. The summed E-state index contributed by atoms with van der Waals surface area (Å²) in [6.07, 6.45) is 0.473. The summed E-state index contributed by atoms with van der Waals surface area (Å²) in [6, 6.07) is -0.0373. The first kappa shape index (κ1) is 20.5. The number of guanidine groups is 1. The van der Waals surface area contributed by atoms with Gasteiger partial charge in [-0.25, -0.2) is 4.79 Å². The Balaban J connectivity index is 4.84. The van der Waals surface area contributed by atoms with E-state index in [2.05, 4.69) is 24.2 Å². The Morgan fingerprint density at radius 3 is 2.00 bits per heavy atom. The zero-order valence-corrected chi connectivity index (χ0v) is 15.7. The van der Waals surface area contributed by atoms with Crippen LogP contribution in [0.3, 0.4) is 0 Å². The van der Waals surface area contributed by atoms with Crippen LogP contribution < -0.4 is 5.32 Å². The van der Waals surface area contributed by atoms with Crippen molar-refractivity contribution in [3.8, 4) is 0 Å². The summed E-state index contributed by atoms with van der Waals surface area (Å²) in [7, 11) is 7.82. The van der Waals surface area contributed by atoms with Gasteiger partial charge in [0.25, 0.3) is 0 Å². The smallest absolute Gasteiger partial charge is 0.407 e. The summed E-state index contributed by atoms with van der Waals surface area (Å²) in [6.45, 7) is 10.4. The van der Waals surface area contributed by atoms with Crippen LogP contribution in [-0.2, 0) is 4.74 Å². The Bertz CT molecular complexity index is 361. The van der Waals surface area contributed by atoms with E-state index in [0.717, 1.165) is 12.4 Å². The maximum Gasteiger partial charge on any atom is 0.407 e. The molecule has 0 saturated carbocycles. The van der Waals surface area contributed by atoms with E-state index >= 15 is 0 Å². The van der Waals surface area contributed by atoms with E-state index in [1.54, 1.807) is 0 Å². The minimum Gasteiger partial charge on any atom is -0.444 e. The Morgan fingerprint density at radius 1 is 1.14 bits per heavy atom. The summed E-state index contributed by atoms with van der Waals surface area (Å²) in [5, 5.41) is 2.93. The van der Waals surface area contributed by atoms with Crippen LogP contribution in [0.15, 0.2) is 4.99 Å². The topological polar surface area (TPSA) is 57.2 Å². The van der Waals surface area contributed by atoms with E-state index < -0.39 is 5.60 Å². The third-order valence-corrected chi connectivity index (χ3v) is 2.73. The molecule has 0 aliphatic heterocycles. The molecule has 0 heterocycles. The first-order valence-electron chi connectivity index (χ1n) is 7.81. The van der Waals surface area contributed by atoms with Crippen LogP contribution >= 0.6 is 0 Å². The van der Waals surface area contributed by atoms with Crippen molar-refractivity contribution < 1.29 is 9.53 Å². The number of nitrogens with one attached hydrogen (secondary N) is 1. The molecular weight excluding hydrogens is 280 g/mol. The Morgan fingerprint density at radius 2 is 1.64 bits per heavy atom. The molecule has 22 heavy (non-hydrogen) atoms. The zero-order valence-electron chi connectivity index (χ0n) is 15.7. The van der Waals surface area contributed by atoms with Crippen molar-refractivity contribution >= 4 is 12.1 Å². The molecule has 1 amide bonds. The van der Waals surface area contributed by atoms with Crippen molar-refractivity contribution in [2.24, 2.45) is 10.9 Å². The van der Waals surface area contributed by atoms with Gasteiger partial charge in [-0.2, -0.15) is 0 Å². The SMILES string of the molecule is CC(C)CC(CN=C(N(C)C)N(C)C)NC(=O)OC(C)(C)C. The number of carbonyl (C=O) groups is 1. The first-order valence-corrected chi connectivity index (χ1v) is 7.81. The van der Waals surface area contributed by atoms with Gasteiger partial charge in [0.05, 0.1) is 12.6 Å². The van der Waals surface area contributed by atoms with Gasteiger partial charge in [-0.3, -0.25) is 4.99 Å². The maximum atomic E-state index is 12.0. The molecule has 0 aromatic carbocycles. The van der Waals surface area contributed by atoms with Crippen LogP contribution in [0, 0.1) is 5.92 Å². The summed E-state index contributed by atoms with van der Waals surface area (Å²) < 4.78 is 5.33. The molecule has 0 radical (unpaired) electrons. The number of amides is 1. The number of rotatable bonds is 5. The highest BCUT2D eigenvalue weighted by Gasteiger charge is 2.20. The number of carbonyl (C=O) groups excluding carboxylic acids is 1. The standard InChI is InChI=1S/C16H34N4O2/c1-12(2)10-13(18-15(21)22-16(3,4)5)11-17-14(19(6)7)20(8)9/h12-13H,10-11H2,1-9H3,(H,18,21). The van der Waals surface area contributed by atoms with Gasteiger partial charge >= 0.3 is 6.09 Å². The molecule has 0 aliphatic rings. The average Bonchev–Trinajstić information content (AvgIpc) is 2.23. The number of aliphatic imine (C=N–C) groups is 1. The van der Waals surface area contributed by atoms with E-state index in [-0.39, 0.29) is 12.1 Å². The second-order valence-electron chi connectivity index (χ2n) is 7.40. The minimum absolute atomic E-state index is 0.0373. The van der Waals surface area contributed by atoms with Crippen molar-refractivity contribution in [3.63, 3.8) is 0 Å². The molecule has 6 heteroatoms. The third kappa shape index (κ3) is 9.47. The highest BCUT2D eigenvalue weighted by molar-refractivity contribution is 5.79. The molecule has 0 aromatic heterocycles. The van der Waals surface area contributed by atoms with Crippen LogP contribution in [0.25, 0.3) is 0 Å². The van der Waals surface area contributed by atoms with Gasteiger partial charge < -0.3 is 19.9 Å². The molecule has 0 aromatic rings. The Kier molecular flexibility index (Phi) is 8.27. The van der Waals surface area contributed by atoms with Crippen LogP contribution in [0.4, 0.5) is 4.79 Å². The zero-order chi connectivity index (χ0) is 17.5. The fraction of sp³-hybridized carbons (Fsp3) is 0.875. The number of hydrogen-bond acceptors (Lipinski definition) is 3. The van der Waals surface area contributed by atoms with E-state index in [9.17, 15) is 4.79 Å². The molecule has 0 rings (SSSR count). The first-order chi connectivity index (χ1) is 9.92. The van der Waals surface area contributed by atoms with E-state index in [1.807, 2.05) is 58.8 Å². The van der Waals surface area contributed by atoms with Gasteiger partial charge in [0.2, 0.25) is 0 Å². The Hall–Kier alpha value is -1.46. The van der Waals surface area contributed by atoms with E-state index in [4.69, 9.17) is 4.74 Å². The predicted molar refractivity (Wildman–Crippen MR) is 92.3 cm³/mol. The fourth-order valence-electron chi connectivity index (χ4n) is 2.10. The van der Waals surface area contributed by atoms with Gasteiger partial charge in [0.15, 0.2) is 5.96 Å². The largest absolute Gasteiger partial charge is 0.444 e. The van der Waals surface area contributed by atoms with Gasteiger partial charge in [-0.05, 0) is 33.1 Å². The average molecular weight is 314 g/mol. The molecule has 0 spiro atoms. The molecule has 0 saturated heterocycles. The molecule has 1 unspecified atom stereocenters. The second kappa shape index (κ2) is 8.86. The molecule has 130 valence electrons. The lowest BCUT2D eigenvalue weighted by Crippen LogP contribution is -2.42. The van der Waals surface area contributed by atoms with E-state index in [1.165, 1.54) is 0 Å². The van der Waals surface area contributed by atoms with Gasteiger partial charge in [0.1, 0.15) is 5.60 Å². The van der Waals surface area contributed by atoms with Crippen molar-refractivity contribution in [2.75, 3.05) is 34.7 Å². The molecule has 6 nitrogen and oxygen atoms in total. The molecule has 0 bridgehead atoms. The molecule has 1 N–H and O–H groups in total. The highest BCUT2D eigenvalue weighted by Crippen LogP contribution is 2.10. The molecule has 0 fully saturated rings. The van der Waals surface area contributed by atoms with Crippen LogP contribution in [0.2, 0.25) is 0 Å². The molecular formula is C16H34N4O2. The summed E-state index contributed by atoms with van der Waals surface area (Å²) >= 11 is 0. The van der Waals surface area contributed by atoms with Gasteiger partial charge in [0, 0.05) is 28.2 Å². The third-order valence-electron chi connectivity index (χ3n) is 2.73. The lowest BCUT2D eigenvalue weighted by atomic mass is 10.0. The van der Waals surface area contributed by atoms with Crippen molar-refractivity contribution in [1.29, 1.82) is 0 Å². The highest BCUT2D eigenvalue weighted by atomic mass is 16.6. The van der Waals surface area contributed by atoms with Gasteiger partial charge in [-0.1, -0.05) is 13.8 Å². The number of ether oxygens (including phenoxy) is 1. The molecule has 1 atom stereocenters. The molecule has 0 aliphatic carbocycles. The Labute approximate surface area is 135 Å². The number of hydrogen-bond donors (Lipinski definition) is 1. The lowest BCUT2D eigenvalue weighted by Gasteiger charge is -2.26. The normalized spacial score (nSPS) is 12.6. The summed E-state index contributed by atoms with van der Waals surface area (Å²) in [5.41, 5.74) is -0.492. The fourth-order valence-corrected chi connectivity index (χ4v) is 2.10. The second-order valence-corrected chi connectivity index (χ2v) is 7.40. The lowest BCUT2D eigenvalue weighted by molar-refractivity contribution is 0.0501. The van der Waals surface area contributed by atoms with Crippen molar-refractivity contribution in [2.45, 2.75) is 52.7 Å². The van der Waals surface area contributed by atoms with Gasteiger partial charge in [-0.15, -0.1) is 0 Å². The van der Waals surface area contributed by atoms with Crippen LogP contribution in [0.5, 0.6) is 0 Å². The maximum absolute atomic E-state index is 12.0. The number of alkyl carbamates (subject to hydrolysis) is 1. The summed E-state index contributed by atoms with van der Waals surface area (Å²) in [5.74, 6) is 1.34. The number of nitrogens with zero attached hydrogens (tertiary/aromatic N) is 3. The van der Waals surface area contributed by atoms with Crippen molar-refractivity contribution in [1.82, 2.24) is 15.1 Å². The minimum atomic E-state index is -0.492. The van der Waals surface area contributed by atoms with E-state index in [0.29, 0.717) is 12.5 Å². The summed E-state index contributed by atoms with van der Waals surface area (Å²) in [4.78, 5) is 20.5. The van der Waals surface area contributed by atoms with Crippen molar-refractivity contribution in [3.05, 3.63) is 0 Å². The van der Waals surface area contributed by atoms with Crippen LogP contribution in [-0.4, -0.2) is 68.2 Å². The monoisotopic (exact) mass is 314 g/mol.